The van der Waals surface area contributed by atoms with E-state index < -0.39 is 29.0 Å². The van der Waals surface area contributed by atoms with Gasteiger partial charge in [0.1, 0.15) is 5.56 Å². The van der Waals surface area contributed by atoms with Crippen LogP contribution in [-0.2, 0) is 6.42 Å². The summed E-state index contributed by atoms with van der Waals surface area (Å²) in [6, 6.07) is 8.23. The van der Waals surface area contributed by atoms with Crippen LogP contribution in [0.2, 0.25) is 0 Å². The van der Waals surface area contributed by atoms with Gasteiger partial charge in [0.05, 0.1) is 11.6 Å². The molecular weight excluding hydrogens is 324 g/mol. The first-order valence-electron chi connectivity index (χ1n) is 7.64. The average molecular weight is 342 g/mol. The number of hydrogen-bond donors (Lipinski definition) is 3. The molecule has 25 heavy (non-hydrogen) atoms. The van der Waals surface area contributed by atoms with Crippen molar-refractivity contribution in [3.63, 3.8) is 0 Å². The first-order chi connectivity index (χ1) is 11.8. The summed E-state index contributed by atoms with van der Waals surface area (Å²) < 4.78 is 0. The molecule has 8 heteroatoms. The first-order valence-corrected chi connectivity index (χ1v) is 7.64. The van der Waals surface area contributed by atoms with Crippen LogP contribution >= 0.6 is 0 Å². The number of aromatic amines is 1. The van der Waals surface area contributed by atoms with E-state index in [4.69, 9.17) is 10.9 Å². The minimum Gasteiger partial charge on any atom is -0.477 e. The number of aromatic carboxylic acids is 1. The van der Waals surface area contributed by atoms with Gasteiger partial charge in [0, 0.05) is 31.9 Å². The number of nitrogens with one attached hydrogen (secondary N) is 1. The van der Waals surface area contributed by atoms with Gasteiger partial charge in [0.2, 0.25) is 0 Å². The van der Waals surface area contributed by atoms with E-state index in [1.807, 2.05) is 43.3 Å². The van der Waals surface area contributed by atoms with Crippen LogP contribution in [-0.4, -0.2) is 41.1 Å². The summed E-state index contributed by atoms with van der Waals surface area (Å²) in [6.45, 7) is 0. The van der Waals surface area contributed by atoms with Crippen LogP contribution in [0.5, 0.6) is 0 Å². The first kappa shape index (κ1) is 16.7. The fraction of sp³-hybridized carbons (Fsp3) is 0.235. The Kier molecular flexibility index (Phi) is 4.05. The molecule has 0 saturated heterocycles. The third-order valence-corrected chi connectivity index (χ3v) is 4.35. The van der Waals surface area contributed by atoms with Gasteiger partial charge in [-0.05, 0) is 23.8 Å². The molecule has 3 rings (SSSR count). The number of aromatic nitrogens is 1. The van der Waals surface area contributed by atoms with Crippen LogP contribution < -0.4 is 16.3 Å². The van der Waals surface area contributed by atoms with Crippen molar-refractivity contribution in [2.24, 2.45) is 5.84 Å². The molecule has 8 nitrogen and oxygen atoms in total. The lowest BCUT2D eigenvalue weighted by atomic mass is 9.93. The maximum atomic E-state index is 12.5. The Morgan fingerprint density at radius 2 is 1.92 bits per heavy atom. The van der Waals surface area contributed by atoms with Crippen LogP contribution in [0.1, 0.15) is 38.0 Å². The molecule has 2 aromatic rings. The van der Waals surface area contributed by atoms with Crippen molar-refractivity contribution in [3.05, 3.63) is 63.1 Å². The Morgan fingerprint density at radius 3 is 2.48 bits per heavy atom. The predicted octanol–water partition coefficient (Wildman–Crippen LogP) is 0.752. The summed E-state index contributed by atoms with van der Waals surface area (Å²) in [5.74, 6) is 4.05. The van der Waals surface area contributed by atoms with Gasteiger partial charge >= 0.3 is 5.97 Å². The highest BCUT2D eigenvalue weighted by Crippen LogP contribution is 2.30. The number of pyridine rings is 1. The van der Waals surface area contributed by atoms with E-state index >= 15 is 0 Å². The Hall–Kier alpha value is -3.13. The number of fused-ring (bicyclic) bond motifs is 1. The molecule has 0 saturated carbocycles. The van der Waals surface area contributed by atoms with E-state index in [0.29, 0.717) is 12.1 Å². The van der Waals surface area contributed by atoms with Crippen LogP contribution in [0, 0.1) is 0 Å². The number of anilines is 1. The van der Waals surface area contributed by atoms with E-state index in [1.54, 1.807) is 0 Å². The van der Waals surface area contributed by atoms with E-state index in [-0.39, 0.29) is 5.56 Å². The lowest BCUT2D eigenvalue weighted by molar-refractivity contribution is 0.0643. The second-order valence-electron chi connectivity index (χ2n) is 6.13. The summed E-state index contributed by atoms with van der Waals surface area (Å²) >= 11 is 0. The standard InChI is InChI=1S/C17H18N4O4/c1-20(2)10-5-3-9(4-6-10)14-8-13-11(16(23)21(14)18)7-12(17(24)25)15(22)19-13/h3-7,14H,8,18H2,1-2H3,(H,19,22)(H,24,25). The summed E-state index contributed by atoms with van der Waals surface area (Å²) in [7, 11) is 3.85. The van der Waals surface area contributed by atoms with Crippen molar-refractivity contribution < 1.29 is 14.7 Å². The Bertz CT molecular complexity index is 902. The lowest BCUT2D eigenvalue weighted by Crippen LogP contribution is -2.46. The number of hydrazine groups is 1. The van der Waals surface area contributed by atoms with Gasteiger partial charge in [0.25, 0.3) is 11.5 Å². The predicted molar refractivity (Wildman–Crippen MR) is 91.6 cm³/mol. The number of hydrogen-bond acceptors (Lipinski definition) is 5. The van der Waals surface area contributed by atoms with E-state index in [0.717, 1.165) is 22.3 Å². The third kappa shape index (κ3) is 2.87. The van der Waals surface area contributed by atoms with Crippen LogP contribution in [0.3, 0.4) is 0 Å². The second kappa shape index (κ2) is 6.06. The normalized spacial score (nSPS) is 16.5. The number of amides is 1. The van der Waals surface area contributed by atoms with Gasteiger partial charge in [-0.25, -0.2) is 10.6 Å². The van der Waals surface area contributed by atoms with Crippen molar-refractivity contribution in [3.8, 4) is 0 Å². The second-order valence-corrected chi connectivity index (χ2v) is 6.13. The number of carboxylic acid groups (broad SMARTS) is 1. The van der Waals surface area contributed by atoms with Gasteiger partial charge in [-0.1, -0.05) is 12.1 Å². The molecular formula is C17H18N4O4. The van der Waals surface area contributed by atoms with Crippen molar-refractivity contribution in [1.82, 2.24) is 9.99 Å². The monoisotopic (exact) mass is 342 g/mol. The Labute approximate surface area is 143 Å². The van der Waals surface area contributed by atoms with Gasteiger partial charge in [-0.15, -0.1) is 0 Å². The molecule has 1 atom stereocenters. The molecule has 130 valence electrons. The van der Waals surface area contributed by atoms with Crippen molar-refractivity contribution in [1.29, 1.82) is 0 Å². The number of carboxylic acids is 1. The van der Waals surface area contributed by atoms with Crippen molar-refractivity contribution in [2.45, 2.75) is 12.5 Å². The van der Waals surface area contributed by atoms with Crippen molar-refractivity contribution in [2.75, 3.05) is 19.0 Å². The molecule has 0 bridgehead atoms. The Balaban J connectivity index is 2.01. The molecule has 0 radical (unpaired) electrons. The molecule has 1 aromatic carbocycles. The molecule has 1 aliphatic rings. The molecule has 0 spiro atoms. The quantitative estimate of drug-likeness (QED) is 0.559. The molecule has 0 fully saturated rings. The van der Waals surface area contributed by atoms with E-state index in [1.165, 1.54) is 0 Å². The molecule has 2 heterocycles. The zero-order valence-electron chi connectivity index (χ0n) is 13.8. The molecule has 1 aromatic heterocycles. The smallest absolute Gasteiger partial charge is 0.341 e. The number of nitrogens with zero attached hydrogens (tertiary/aromatic N) is 2. The zero-order chi connectivity index (χ0) is 18.3. The molecule has 1 unspecified atom stereocenters. The molecule has 1 amide bonds. The van der Waals surface area contributed by atoms with E-state index in [9.17, 15) is 14.4 Å². The highest BCUT2D eigenvalue weighted by Gasteiger charge is 2.33. The number of rotatable bonds is 3. The fourth-order valence-corrected chi connectivity index (χ4v) is 2.92. The third-order valence-electron chi connectivity index (χ3n) is 4.35. The minimum atomic E-state index is -1.39. The van der Waals surface area contributed by atoms with E-state index in [2.05, 4.69) is 4.98 Å². The van der Waals surface area contributed by atoms with Gasteiger partial charge in [-0.2, -0.15) is 0 Å². The topological polar surface area (TPSA) is 120 Å². The maximum Gasteiger partial charge on any atom is 0.341 e. The highest BCUT2D eigenvalue weighted by atomic mass is 16.4. The average Bonchev–Trinajstić information content (AvgIpc) is 2.57. The molecule has 1 aliphatic heterocycles. The SMILES string of the molecule is CN(C)c1ccc(C2Cc3[nH]c(=O)c(C(=O)O)cc3C(=O)N2N)cc1. The zero-order valence-corrected chi connectivity index (χ0v) is 13.8. The largest absolute Gasteiger partial charge is 0.477 e. The molecule has 4 N–H and O–H groups in total. The van der Waals surface area contributed by atoms with Crippen LogP contribution in [0.15, 0.2) is 35.1 Å². The summed E-state index contributed by atoms with van der Waals surface area (Å²) in [5, 5.41) is 10.1. The van der Waals surface area contributed by atoms with Crippen molar-refractivity contribution >= 4 is 17.6 Å². The number of carbonyl (C=O) groups is 2. The maximum absolute atomic E-state index is 12.5. The fourth-order valence-electron chi connectivity index (χ4n) is 2.92. The summed E-state index contributed by atoms with van der Waals surface area (Å²) in [5.41, 5.74) is 1.13. The lowest BCUT2D eigenvalue weighted by Gasteiger charge is -2.33. The van der Waals surface area contributed by atoms with Gasteiger partial charge < -0.3 is 15.0 Å². The summed E-state index contributed by atoms with van der Waals surface area (Å²) in [4.78, 5) is 40.0. The number of H-pyrrole nitrogens is 1. The Morgan fingerprint density at radius 1 is 1.28 bits per heavy atom. The highest BCUT2D eigenvalue weighted by molar-refractivity contribution is 5.99. The van der Waals surface area contributed by atoms with Gasteiger partial charge in [0.15, 0.2) is 0 Å². The van der Waals surface area contributed by atoms with Crippen LogP contribution in [0.4, 0.5) is 5.69 Å². The van der Waals surface area contributed by atoms with Gasteiger partial charge in [-0.3, -0.25) is 14.6 Å². The summed E-state index contributed by atoms with van der Waals surface area (Å²) in [6.07, 6.45) is 0.300. The number of benzene rings is 1. The van der Waals surface area contributed by atoms with Crippen LogP contribution in [0.25, 0.3) is 0 Å². The molecule has 0 aliphatic carbocycles. The number of carbonyl (C=O) groups excluding carboxylic acids is 1. The number of nitrogens with two attached hydrogens (primary N) is 1. The minimum absolute atomic E-state index is 0.112.